The second kappa shape index (κ2) is 7.77. The molecule has 0 spiro atoms. The number of aromatic nitrogens is 1. The van der Waals surface area contributed by atoms with Gasteiger partial charge in [0.2, 0.25) is 5.43 Å². The van der Waals surface area contributed by atoms with Gasteiger partial charge in [-0.15, -0.1) is 11.8 Å². The highest BCUT2D eigenvalue weighted by Crippen LogP contribution is 2.75. The van der Waals surface area contributed by atoms with Crippen molar-refractivity contribution in [1.82, 2.24) is 9.58 Å². The second-order valence-corrected chi connectivity index (χ2v) is 11.7. The van der Waals surface area contributed by atoms with E-state index < -0.39 is 51.9 Å². The lowest BCUT2D eigenvalue weighted by atomic mass is 9.38. The van der Waals surface area contributed by atoms with Gasteiger partial charge in [-0.2, -0.15) is 13.2 Å². The number of thioether (sulfide) groups is 1. The summed E-state index contributed by atoms with van der Waals surface area (Å²) in [6.07, 6.45) is -3.90. The van der Waals surface area contributed by atoms with Crippen molar-refractivity contribution in [3.63, 3.8) is 0 Å². The number of nitrogens with zero attached hydrogens (tertiary/aromatic N) is 3. The molecule has 6 nitrogen and oxygen atoms in total. The van der Waals surface area contributed by atoms with E-state index in [1.807, 2.05) is 12.1 Å². The lowest BCUT2D eigenvalue weighted by Gasteiger charge is -2.74. The van der Waals surface area contributed by atoms with Gasteiger partial charge in [0.25, 0.3) is 5.91 Å². The third-order valence-corrected chi connectivity index (χ3v) is 9.77. The van der Waals surface area contributed by atoms with Crippen LogP contribution in [-0.4, -0.2) is 39.0 Å². The van der Waals surface area contributed by atoms with E-state index in [0.717, 1.165) is 17.0 Å². The normalized spacial score (nSPS) is 27.1. The van der Waals surface area contributed by atoms with E-state index in [-0.39, 0.29) is 42.9 Å². The van der Waals surface area contributed by atoms with Gasteiger partial charge in [0.15, 0.2) is 23.1 Å². The topological polar surface area (TPSA) is 65.8 Å². The van der Waals surface area contributed by atoms with Gasteiger partial charge in [-0.05, 0) is 42.5 Å². The fraction of sp³-hybridized carbons (Fsp3) is 0.333. The minimum Gasteiger partial charge on any atom is -0.502 e. The maximum Gasteiger partial charge on any atom is 0.394 e. The van der Waals surface area contributed by atoms with Crippen molar-refractivity contribution in [2.45, 2.75) is 47.7 Å². The van der Waals surface area contributed by atoms with Crippen LogP contribution in [0.15, 0.2) is 58.4 Å². The Morgan fingerprint density at radius 2 is 1.69 bits per heavy atom. The molecule has 2 aliphatic heterocycles. The van der Waals surface area contributed by atoms with Crippen LogP contribution in [0.2, 0.25) is 0 Å². The number of amides is 1. The van der Waals surface area contributed by atoms with Gasteiger partial charge in [0.1, 0.15) is 6.67 Å². The minimum absolute atomic E-state index is 0.123. The molecule has 39 heavy (non-hydrogen) atoms. The summed E-state index contributed by atoms with van der Waals surface area (Å²) in [4.78, 5) is 28.1. The zero-order valence-electron chi connectivity index (χ0n) is 20.1. The van der Waals surface area contributed by atoms with Crippen LogP contribution in [0.1, 0.15) is 52.5 Å². The number of carbonyl (C=O) groups is 1. The number of aromatic hydroxyl groups is 1. The molecule has 8 rings (SSSR count). The van der Waals surface area contributed by atoms with Gasteiger partial charge >= 0.3 is 6.18 Å². The van der Waals surface area contributed by atoms with E-state index in [0.29, 0.717) is 11.1 Å². The summed E-state index contributed by atoms with van der Waals surface area (Å²) in [6, 6.07) is 9.97. The Morgan fingerprint density at radius 3 is 2.41 bits per heavy atom. The van der Waals surface area contributed by atoms with E-state index in [1.165, 1.54) is 33.6 Å². The van der Waals surface area contributed by atoms with Crippen molar-refractivity contribution in [2.24, 2.45) is 5.41 Å². The molecule has 1 aromatic heterocycles. The second-order valence-electron chi connectivity index (χ2n) is 10.7. The average molecular weight is 562 g/mol. The minimum atomic E-state index is -4.40. The van der Waals surface area contributed by atoms with Gasteiger partial charge in [-0.3, -0.25) is 19.3 Å². The van der Waals surface area contributed by atoms with Gasteiger partial charge in [0.05, 0.1) is 11.5 Å². The summed E-state index contributed by atoms with van der Waals surface area (Å²) in [5.41, 5.74) is -2.87. The molecule has 0 unspecified atom stereocenters. The molecule has 12 heteroatoms. The molecule has 202 valence electrons. The van der Waals surface area contributed by atoms with Crippen molar-refractivity contribution < 1.29 is 31.9 Å². The maximum absolute atomic E-state index is 15.1. The van der Waals surface area contributed by atoms with Gasteiger partial charge < -0.3 is 10.0 Å². The lowest BCUT2D eigenvalue weighted by molar-refractivity contribution is -0.356. The lowest BCUT2D eigenvalue weighted by Crippen LogP contribution is -2.81. The van der Waals surface area contributed by atoms with E-state index in [1.54, 1.807) is 17.1 Å². The van der Waals surface area contributed by atoms with E-state index in [2.05, 4.69) is 0 Å². The fourth-order valence-electron chi connectivity index (χ4n) is 6.72. The Bertz CT molecular complexity index is 1620. The SMILES string of the molecule is O=C1c2c(O)c(=O)ccn2N([C@@H]2c3ccccc3SCc3c2ccc(F)c3F)CN1C12CC(C(F)(F)F)(C1)C2. The van der Waals surface area contributed by atoms with Crippen LogP contribution in [0.25, 0.3) is 0 Å². The van der Waals surface area contributed by atoms with Crippen LogP contribution in [0.4, 0.5) is 22.0 Å². The van der Waals surface area contributed by atoms with E-state index in [9.17, 15) is 32.3 Å². The molecule has 3 saturated carbocycles. The molecule has 1 atom stereocenters. The number of alkyl halides is 3. The quantitative estimate of drug-likeness (QED) is 0.443. The monoisotopic (exact) mass is 561 g/mol. The highest BCUT2D eigenvalue weighted by atomic mass is 32.2. The number of rotatable bonds is 2. The molecule has 3 aliphatic carbocycles. The Labute approximate surface area is 222 Å². The Balaban J connectivity index is 1.42. The van der Waals surface area contributed by atoms with Crippen molar-refractivity contribution in [1.29, 1.82) is 0 Å². The molecule has 3 fully saturated rings. The molecule has 3 heterocycles. The van der Waals surface area contributed by atoms with Gasteiger partial charge in [0, 0.05) is 34.0 Å². The first-order valence-corrected chi connectivity index (χ1v) is 13.2. The molecule has 0 saturated heterocycles. The maximum atomic E-state index is 15.1. The molecular formula is C27H20F5N3O3S. The average Bonchev–Trinajstić information content (AvgIpc) is 2.99. The summed E-state index contributed by atoms with van der Waals surface area (Å²) in [7, 11) is 0. The number of benzene rings is 2. The number of pyridine rings is 1. The first kappa shape index (κ1) is 24.5. The largest absolute Gasteiger partial charge is 0.502 e. The van der Waals surface area contributed by atoms with Crippen LogP contribution < -0.4 is 10.4 Å². The fourth-order valence-corrected chi connectivity index (χ4v) is 7.83. The molecule has 1 amide bonds. The smallest absolute Gasteiger partial charge is 0.394 e. The number of hydrogen-bond acceptors (Lipinski definition) is 5. The van der Waals surface area contributed by atoms with Crippen molar-refractivity contribution in [3.05, 3.63) is 92.9 Å². The molecule has 1 N–H and O–H groups in total. The summed E-state index contributed by atoms with van der Waals surface area (Å²) in [5.74, 6) is -3.46. The van der Waals surface area contributed by atoms with Crippen LogP contribution in [-0.2, 0) is 5.75 Å². The third-order valence-electron chi connectivity index (χ3n) is 8.65. The van der Waals surface area contributed by atoms with Crippen LogP contribution in [0.5, 0.6) is 5.75 Å². The highest BCUT2D eigenvalue weighted by molar-refractivity contribution is 7.98. The first-order valence-electron chi connectivity index (χ1n) is 12.3. The van der Waals surface area contributed by atoms with Crippen LogP contribution in [0, 0.1) is 17.0 Å². The molecular weight excluding hydrogens is 541 g/mol. The summed E-state index contributed by atoms with van der Waals surface area (Å²) < 4.78 is 71.7. The predicted molar refractivity (Wildman–Crippen MR) is 131 cm³/mol. The third kappa shape index (κ3) is 3.14. The van der Waals surface area contributed by atoms with Crippen molar-refractivity contribution in [2.75, 3.05) is 11.7 Å². The molecule has 5 aliphatic rings. The zero-order chi connectivity index (χ0) is 27.5. The Kier molecular flexibility index (Phi) is 4.88. The Morgan fingerprint density at radius 1 is 0.974 bits per heavy atom. The summed E-state index contributed by atoms with van der Waals surface area (Å²) in [5, 5.41) is 12.3. The summed E-state index contributed by atoms with van der Waals surface area (Å²) >= 11 is 1.31. The van der Waals surface area contributed by atoms with Gasteiger partial charge in [-0.25, -0.2) is 8.78 Å². The Hall–Kier alpha value is -3.54. The van der Waals surface area contributed by atoms with Crippen molar-refractivity contribution in [3.8, 4) is 5.75 Å². The van der Waals surface area contributed by atoms with Crippen molar-refractivity contribution >= 4 is 17.7 Å². The number of carbonyl (C=O) groups excluding carboxylic acids is 1. The van der Waals surface area contributed by atoms with Gasteiger partial charge in [-0.1, -0.05) is 24.3 Å². The first-order chi connectivity index (χ1) is 18.5. The van der Waals surface area contributed by atoms with E-state index >= 15 is 4.39 Å². The van der Waals surface area contributed by atoms with Crippen LogP contribution >= 0.6 is 11.8 Å². The zero-order valence-corrected chi connectivity index (χ0v) is 21.0. The number of hydrogen-bond donors (Lipinski definition) is 1. The number of halogens is 5. The highest BCUT2D eigenvalue weighted by Gasteiger charge is 2.81. The molecule has 2 aromatic carbocycles. The standard InChI is InChI=1S/C27H20F5N3O3S/c28-17-6-5-14-16(20(17)29)9-39-19-4-2-1-3-15(19)21(14)35-13-33(26-10-25(11-26,12-26)27(30,31)32)24(38)22-23(37)18(36)7-8-34(22)35/h1-8,21,37H,9-13H2/t21-,25?,26?/m0/s1. The summed E-state index contributed by atoms with van der Waals surface area (Å²) in [6.45, 7) is -0.190. The predicted octanol–water partition coefficient (Wildman–Crippen LogP) is 5.06. The molecule has 3 aromatic rings. The molecule has 0 radical (unpaired) electrons. The van der Waals surface area contributed by atoms with E-state index in [4.69, 9.17) is 0 Å². The number of fused-ring (bicyclic) bond motifs is 3. The van der Waals surface area contributed by atoms with Crippen LogP contribution in [0.3, 0.4) is 0 Å². The molecule has 2 bridgehead atoms.